The molecule has 0 amide bonds. The largest absolute Gasteiger partial charge is 0.341 e. The third-order valence-electron chi connectivity index (χ3n) is 6.21. The van der Waals surface area contributed by atoms with Crippen LogP contribution in [0.2, 0.25) is 0 Å². The number of aromatic nitrogens is 4. The van der Waals surface area contributed by atoms with Gasteiger partial charge in [-0.15, -0.1) is 0 Å². The first kappa shape index (κ1) is 17.1. The van der Waals surface area contributed by atoms with Crippen LogP contribution in [0.15, 0.2) is 24.7 Å². The van der Waals surface area contributed by atoms with E-state index in [2.05, 4.69) is 43.4 Å². The number of piperidine rings is 2. The average Bonchev–Trinajstić information content (AvgIpc) is 3.34. The van der Waals surface area contributed by atoms with E-state index in [1.54, 1.807) is 0 Å². The molecule has 3 aliphatic rings. The number of hydrazine groups is 1. The van der Waals surface area contributed by atoms with E-state index >= 15 is 0 Å². The molecule has 3 aliphatic heterocycles. The standard InChI is InChI=1S/C19H28N8/c1-26-12-13(10-22-26)16-9-14-17(11-21-16)24-25-18(14)15-5-6-20-19(23-15)27-7-3-2-4-8-27/h5-6,10,12,14,16-18,21,24-25H,2-4,7-9,11H2,1H3. The molecule has 0 aliphatic carbocycles. The van der Waals surface area contributed by atoms with Crippen LogP contribution in [0, 0.1) is 5.92 Å². The molecule has 8 nitrogen and oxygen atoms in total. The van der Waals surface area contributed by atoms with Crippen LogP contribution in [0.25, 0.3) is 0 Å². The molecule has 4 atom stereocenters. The Labute approximate surface area is 159 Å². The van der Waals surface area contributed by atoms with Gasteiger partial charge in [0, 0.05) is 62.6 Å². The number of hydrogen-bond acceptors (Lipinski definition) is 7. The van der Waals surface area contributed by atoms with Crippen LogP contribution in [0.3, 0.4) is 0 Å². The van der Waals surface area contributed by atoms with Crippen molar-refractivity contribution in [3.8, 4) is 0 Å². The van der Waals surface area contributed by atoms with E-state index in [0.717, 1.165) is 37.7 Å². The summed E-state index contributed by atoms with van der Waals surface area (Å²) < 4.78 is 1.88. The summed E-state index contributed by atoms with van der Waals surface area (Å²) >= 11 is 0. The first-order chi connectivity index (χ1) is 13.3. The predicted octanol–water partition coefficient (Wildman–Crippen LogP) is 1.07. The molecule has 0 spiro atoms. The molecule has 3 saturated heterocycles. The molecule has 5 heterocycles. The number of anilines is 1. The van der Waals surface area contributed by atoms with E-state index in [4.69, 9.17) is 4.98 Å². The van der Waals surface area contributed by atoms with Gasteiger partial charge in [0.1, 0.15) is 0 Å². The van der Waals surface area contributed by atoms with Crippen molar-refractivity contribution < 1.29 is 0 Å². The molecule has 144 valence electrons. The average molecular weight is 368 g/mol. The quantitative estimate of drug-likeness (QED) is 0.747. The van der Waals surface area contributed by atoms with Crippen LogP contribution >= 0.6 is 0 Å². The molecule has 0 radical (unpaired) electrons. The van der Waals surface area contributed by atoms with Crippen molar-refractivity contribution in [2.75, 3.05) is 24.5 Å². The van der Waals surface area contributed by atoms with Crippen molar-refractivity contribution in [3.05, 3.63) is 35.9 Å². The summed E-state index contributed by atoms with van der Waals surface area (Å²) in [4.78, 5) is 11.8. The summed E-state index contributed by atoms with van der Waals surface area (Å²) in [6.45, 7) is 3.08. The first-order valence-electron chi connectivity index (χ1n) is 10.1. The van der Waals surface area contributed by atoms with Gasteiger partial charge in [-0.2, -0.15) is 5.10 Å². The smallest absolute Gasteiger partial charge is 0.225 e. The fourth-order valence-corrected chi connectivity index (χ4v) is 4.72. The lowest BCUT2D eigenvalue weighted by atomic mass is 9.82. The zero-order chi connectivity index (χ0) is 18.2. The van der Waals surface area contributed by atoms with Crippen molar-refractivity contribution in [1.29, 1.82) is 0 Å². The third-order valence-corrected chi connectivity index (χ3v) is 6.21. The van der Waals surface area contributed by atoms with Crippen molar-refractivity contribution >= 4 is 5.95 Å². The minimum Gasteiger partial charge on any atom is -0.341 e. The molecule has 0 aromatic carbocycles. The van der Waals surface area contributed by atoms with Crippen LogP contribution in [0.1, 0.15) is 49.0 Å². The Morgan fingerprint density at radius 2 is 2.04 bits per heavy atom. The Kier molecular flexibility index (Phi) is 4.55. The highest BCUT2D eigenvalue weighted by Crippen LogP contribution is 2.38. The maximum Gasteiger partial charge on any atom is 0.225 e. The Balaban J connectivity index is 1.35. The SMILES string of the molecule is Cn1cc(C2CC3C(CN2)NNC3c2ccnc(N3CCCCC3)n2)cn1. The minimum absolute atomic E-state index is 0.211. The Morgan fingerprint density at radius 3 is 2.85 bits per heavy atom. The van der Waals surface area contributed by atoms with Gasteiger partial charge in [0.05, 0.1) is 17.9 Å². The second kappa shape index (κ2) is 7.18. The van der Waals surface area contributed by atoms with Gasteiger partial charge in [0.25, 0.3) is 0 Å². The predicted molar refractivity (Wildman–Crippen MR) is 103 cm³/mol. The lowest BCUT2D eigenvalue weighted by Gasteiger charge is -2.34. The summed E-state index contributed by atoms with van der Waals surface area (Å²) in [6.07, 6.45) is 10.9. The van der Waals surface area contributed by atoms with Gasteiger partial charge in [0.15, 0.2) is 0 Å². The number of rotatable bonds is 3. The summed E-state index contributed by atoms with van der Waals surface area (Å²) in [7, 11) is 1.97. The summed E-state index contributed by atoms with van der Waals surface area (Å²) in [5, 5.41) is 8.00. The number of aryl methyl sites for hydroxylation is 1. The van der Waals surface area contributed by atoms with Gasteiger partial charge in [0.2, 0.25) is 5.95 Å². The lowest BCUT2D eigenvalue weighted by molar-refractivity contribution is 0.265. The molecule has 5 rings (SSSR count). The van der Waals surface area contributed by atoms with E-state index in [1.807, 2.05) is 24.1 Å². The number of fused-ring (bicyclic) bond motifs is 1. The molecule has 2 aromatic heterocycles. The van der Waals surface area contributed by atoms with Crippen LogP contribution in [0.5, 0.6) is 0 Å². The van der Waals surface area contributed by atoms with Crippen molar-refractivity contribution in [1.82, 2.24) is 35.9 Å². The highest BCUT2D eigenvalue weighted by Gasteiger charge is 2.42. The van der Waals surface area contributed by atoms with Gasteiger partial charge in [-0.05, 0) is 31.7 Å². The minimum atomic E-state index is 0.211. The van der Waals surface area contributed by atoms with Crippen molar-refractivity contribution in [2.24, 2.45) is 13.0 Å². The number of hydrogen-bond donors (Lipinski definition) is 3. The Bertz CT molecular complexity index is 784. The first-order valence-corrected chi connectivity index (χ1v) is 10.1. The fourth-order valence-electron chi connectivity index (χ4n) is 4.72. The fraction of sp³-hybridized carbons (Fsp3) is 0.632. The molecule has 27 heavy (non-hydrogen) atoms. The molecule has 0 saturated carbocycles. The highest BCUT2D eigenvalue weighted by molar-refractivity contribution is 5.32. The molecular formula is C19H28N8. The highest BCUT2D eigenvalue weighted by atomic mass is 15.4. The van der Waals surface area contributed by atoms with Gasteiger partial charge in [-0.1, -0.05) is 0 Å². The second-order valence-electron chi connectivity index (χ2n) is 8.01. The number of nitrogens with zero attached hydrogens (tertiary/aromatic N) is 5. The molecule has 8 heteroatoms. The van der Waals surface area contributed by atoms with Crippen molar-refractivity contribution in [2.45, 2.75) is 43.8 Å². The zero-order valence-electron chi connectivity index (χ0n) is 15.8. The maximum absolute atomic E-state index is 4.95. The van der Waals surface area contributed by atoms with Crippen molar-refractivity contribution in [3.63, 3.8) is 0 Å². The molecule has 3 fully saturated rings. The molecular weight excluding hydrogens is 340 g/mol. The van der Waals surface area contributed by atoms with Gasteiger partial charge >= 0.3 is 0 Å². The molecule has 0 bridgehead atoms. The lowest BCUT2D eigenvalue weighted by Crippen LogP contribution is -2.46. The Hall–Kier alpha value is -2.03. The van der Waals surface area contributed by atoms with Gasteiger partial charge in [-0.3, -0.25) is 10.1 Å². The van der Waals surface area contributed by atoms with Gasteiger partial charge < -0.3 is 10.2 Å². The zero-order valence-corrected chi connectivity index (χ0v) is 15.8. The summed E-state index contributed by atoms with van der Waals surface area (Å²) in [5.41, 5.74) is 9.34. The van der Waals surface area contributed by atoms with E-state index in [-0.39, 0.29) is 6.04 Å². The maximum atomic E-state index is 4.95. The van der Waals surface area contributed by atoms with Gasteiger partial charge in [-0.25, -0.2) is 15.4 Å². The third kappa shape index (κ3) is 3.33. The van der Waals surface area contributed by atoms with E-state index in [0.29, 0.717) is 18.0 Å². The Morgan fingerprint density at radius 1 is 1.15 bits per heavy atom. The van der Waals surface area contributed by atoms with E-state index < -0.39 is 0 Å². The summed E-state index contributed by atoms with van der Waals surface area (Å²) in [6, 6.07) is 3.03. The monoisotopic (exact) mass is 368 g/mol. The van der Waals surface area contributed by atoms with Crippen LogP contribution in [-0.2, 0) is 7.05 Å². The molecule has 2 aromatic rings. The topological polar surface area (TPSA) is 82.9 Å². The number of nitrogens with one attached hydrogen (secondary N) is 3. The second-order valence-corrected chi connectivity index (χ2v) is 8.01. The van der Waals surface area contributed by atoms with Crippen LogP contribution in [0.4, 0.5) is 5.95 Å². The normalized spacial score (nSPS) is 31.1. The van der Waals surface area contributed by atoms with Crippen LogP contribution < -0.4 is 21.1 Å². The van der Waals surface area contributed by atoms with E-state index in [1.165, 1.54) is 24.8 Å². The summed E-state index contributed by atoms with van der Waals surface area (Å²) in [5.74, 6) is 1.37. The van der Waals surface area contributed by atoms with E-state index in [9.17, 15) is 0 Å². The molecule has 4 unspecified atom stereocenters. The molecule has 3 N–H and O–H groups in total. The van der Waals surface area contributed by atoms with Crippen LogP contribution in [-0.4, -0.2) is 45.4 Å².